The van der Waals surface area contributed by atoms with Gasteiger partial charge in [-0.3, -0.25) is 0 Å². The van der Waals surface area contributed by atoms with Crippen molar-refractivity contribution in [3.8, 4) is 5.88 Å². The molecule has 0 amide bonds. The zero-order chi connectivity index (χ0) is 14.7. The number of pyridine rings is 1. The second-order valence-corrected chi connectivity index (χ2v) is 5.03. The molecule has 0 aliphatic rings. The predicted octanol–water partition coefficient (Wildman–Crippen LogP) is 4.71. The van der Waals surface area contributed by atoms with Crippen molar-refractivity contribution in [3.05, 3.63) is 51.9 Å². The number of anilines is 1. The summed E-state index contributed by atoms with van der Waals surface area (Å²) >= 11 is 11.8. The standard InChI is InChI=1S/C14H13Cl2FN2O/c1-8(9-6-12(17)11(16)7-10(9)15)19-13-4-3-5-18-14(13)20-2/h3-8,19H,1-2H3. The summed E-state index contributed by atoms with van der Waals surface area (Å²) in [6, 6.07) is 6.09. The summed E-state index contributed by atoms with van der Waals surface area (Å²) in [5, 5.41) is 3.59. The lowest BCUT2D eigenvalue weighted by molar-refractivity contribution is 0.399. The molecule has 20 heavy (non-hydrogen) atoms. The van der Waals surface area contributed by atoms with Crippen LogP contribution in [-0.2, 0) is 0 Å². The van der Waals surface area contributed by atoms with Crippen LogP contribution in [0.1, 0.15) is 18.5 Å². The van der Waals surface area contributed by atoms with Crippen molar-refractivity contribution in [1.82, 2.24) is 4.98 Å². The lowest BCUT2D eigenvalue weighted by Crippen LogP contribution is -2.09. The van der Waals surface area contributed by atoms with Crippen molar-refractivity contribution in [1.29, 1.82) is 0 Å². The number of hydrogen-bond donors (Lipinski definition) is 1. The molecule has 2 aromatic rings. The molecule has 0 fully saturated rings. The Kier molecular flexibility index (Phi) is 4.68. The van der Waals surface area contributed by atoms with Crippen LogP contribution in [0.3, 0.4) is 0 Å². The molecule has 1 aromatic carbocycles. The molecule has 0 saturated heterocycles. The summed E-state index contributed by atoms with van der Waals surface area (Å²) in [5.74, 6) is -0.0391. The van der Waals surface area contributed by atoms with Crippen molar-refractivity contribution < 1.29 is 9.13 Å². The first-order chi connectivity index (χ1) is 9.52. The van der Waals surface area contributed by atoms with Gasteiger partial charge in [0.25, 0.3) is 0 Å². The maximum atomic E-state index is 13.5. The summed E-state index contributed by atoms with van der Waals surface area (Å²) in [6.45, 7) is 1.86. The number of nitrogens with one attached hydrogen (secondary N) is 1. The van der Waals surface area contributed by atoms with E-state index in [1.807, 2.05) is 13.0 Å². The van der Waals surface area contributed by atoms with E-state index in [2.05, 4.69) is 10.3 Å². The molecule has 1 aromatic heterocycles. The Morgan fingerprint density at radius 3 is 2.75 bits per heavy atom. The first-order valence-corrected chi connectivity index (χ1v) is 6.68. The van der Waals surface area contributed by atoms with E-state index in [0.717, 1.165) is 0 Å². The van der Waals surface area contributed by atoms with Gasteiger partial charge in [-0.1, -0.05) is 23.2 Å². The SMILES string of the molecule is COc1ncccc1NC(C)c1cc(F)c(Cl)cc1Cl. The van der Waals surface area contributed by atoms with Gasteiger partial charge in [-0.15, -0.1) is 0 Å². The molecule has 6 heteroatoms. The van der Waals surface area contributed by atoms with E-state index in [1.165, 1.54) is 19.2 Å². The van der Waals surface area contributed by atoms with E-state index in [-0.39, 0.29) is 11.1 Å². The van der Waals surface area contributed by atoms with Crippen LogP contribution in [-0.4, -0.2) is 12.1 Å². The highest BCUT2D eigenvalue weighted by molar-refractivity contribution is 6.35. The van der Waals surface area contributed by atoms with Crippen LogP contribution in [0, 0.1) is 5.82 Å². The number of hydrogen-bond acceptors (Lipinski definition) is 3. The van der Waals surface area contributed by atoms with Crippen LogP contribution in [0.5, 0.6) is 5.88 Å². The Bertz CT molecular complexity index is 622. The molecule has 3 nitrogen and oxygen atoms in total. The van der Waals surface area contributed by atoms with Crippen molar-refractivity contribution in [2.75, 3.05) is 12.4 Å². The first-order valence-electron chi connectivity index (χ1n) is 5.93. The Morgan fingerprint density at radius 1 is 1.30 bits per heavy atom. The Balaban J connectivity index is 2.28. The number of ether oxygens (including phenoxy) is 1. The summed E-state index contributed by atoms with van der Waals surface area (Å²) in [5.41, 5.74) is 1.31. The average Bonchev–Trinajstić information content (AvgIpc) is 2.43. The Hall–Kier alpha value is -1.52. The largest absolute Gasteiger partial charge is 0.480 e. The Labute approximate surface area is 126 Å². The van der Waals surface area contributed by atoms with Crippen LogP contribution >= 0.6 is 23.2 Å². The van der Waals surface area contributed by atoms with Gasteiger partial charge in [0.2, 0.25) is 5.88 Å². The van der Waals surface area contributed by atoms with E-state index in [0.29, 0.717) is 22.2 Å². The van der Waals surface area contributed by atoms with Crippen LogP contribution in [0.4, 0.5) is 10.1 Å². The minimum Gasteiger partial charge on any atom is -0.480 e. The van der Waals surface area contributed by atoms with Gasteiger partial charge in [-0.05, 0) is 36.8 Å². The average molecular weight is 315 g/mol. The molecule has 0 saturated carbocycles. The molecular weight excluding hydrogens is 302 g/mol. The lowest BCUT2D eigenvalue weighted by atomic mass is 10.1. The van der Waals surface area contributed by atoms with E-state index in [4.69, 9.17) is 27.9 Å². The van der Waals surface area contributed by atoms with Crippen LogP contribution in [0.15, 0.2) is 30.5 Å². The summed E-state index contributed by atoms with van der Waals surface area (Å²) in [6.07, 6.45) is 1.63. The zero-order valence-electron chi connectivity index (χ0n) is 11.0. The monoisotopic (exact) mass is 314 g/mol. The Morgan fingerprint density at radius 2 is 2.05 bits per heavy atom. The van der Waals surface area contributed by atoms with Gasteiger partial charge < -0.3 is 10.1 Å². The predicted molar refractivity (Wildman–Crippen MR) is 79.2 cm³/mol. The molecule has 1 N–H and O–H groups in total. The highest BCUT2D eigenvalue weighted by atomic mass is 35.5. The third-order valence-electron chi connectivity index (χ3n) is 2.84. The fourth-order valence-corrected chi connectivity index (χ4v) is 2.39. The van der Waals surface area contributed by atoms with Crippen molar-refractivity contribution in [3.63, 3.8) is 0 Å². The number of aromatic nitrogens is 1. The van der Waals surface area contributed by atoms with Gasteiger partial charge in [-0.2, -0.15) is 0 Å². The number of rotatable bonds is 4. The lowest BCUT2D eigenvalue weighted by Gasteiger charge is -2.18. The van der Waals surface area contributed by atoms with Gasteiger partial charge >= 0.3 is 0 Å². The van der Waals surface area contributed by atoms with Crippen molar-refractivity contribution in [2.24, 2.45) is 0 Å². The van der Waals surface area contributed by atoms with E-state index in [1.54, 1.807) is 12.3 Å². The summed E-state index contributed by atoms with van der Waals surface area (Å²) in [7, 11) is 1.53. The van der Waals surface area contributed by atoms with Crippen molar-refractivity contribution in [2.45, 2.75) is 13.0 Å². The molecule has 1 atom stereocenters. The number of halogens is 3. The van der Waals surface area contributed by atoms with Gasteiger partial charge in [-0.25, -0.2) is 9.37 Å². The zero-order valence-corrected chi connectivity index (χ0v) is 12.5. The normalized spacial score (nSPS) is 12.1. The van der Waals surface area contributed by atoms with Gasteiger partial charge in [0, 0.05) is 11.2 Å². The molecule has 0 aliphatic carbocycles. The second kappa shape index (κ2) is 6.29. The topological polar surface area (TPSA) is 34.1 Å². The quantitative estimate of drug-likeness (QED) is 0.830. The molecular formula is C14H13Cl2FN2O. The first kappa shape index (κ1) is 14.9. The van der Waals surface area contributed by atoms with E-state index in [9.17, 15) is 4.39 Å². The molecule has 1 heterocycles. The molecule has 0 aliphatic heterocycles. The molecule has 0 spiro atoms. The number of benzene rings is 1. The number of nitrogens with zero attached hydrogens (tertiary/aromatic N) is 1. The fraction of sp³-hybridized carbons (Fsp3) is 0.214. The van der Waals surface area contributed by atoms with Gasteiger partial charge in [0.05, 0.1) is 23.9 Å². The van der Waals surface area contributed by atoms with Crippen LogP contribution < -0.4 is 10.1 Å². The van der Waals surface area contributed by atoms with Crippen molar-refractivity contribution >= 4 is 28.9 Å². The molecule has 1 unspecified atom stereocenters. The van der Waals surface area contributed by atoms with Gasteiger partial charge in [0.15, 0.2) is 0 Å². The van der Waals surface area contributed by atoms with Crippen LogP contribution in [0.25, 0.3) is 0 Å². The minimum absolute atomic E-state index is 0.00454. The van der Waals surface area contributed by atoms with E-state index >= 15 is 0 Å². The smallest absolute Gasteiger partial charge is 0.237 e. The highest BCUT2D eigenvalue weighted by Gasteiger charge is 2.15. The molecule has 0 bridgehead atoms. The third kappa shape index (κ3) is 3.14. The maximum Gasteiger partial charge on any atom is 0.237 e. The maximum absolute atomic E-state index is 13.5. The molecule has 2 rings (SSSR count). The highest BCUT2D eigenvalue weighted by Crippen LogP contribution is 2.32. The van der Waals surface area contributed by atoms with Gasteiger partial charge in [0.1, 0.15) is 5.82 Å². The molecule has 0 radical (unpaired) electrons. The second-order valence-electron chi connectivity index (χ2n) is 4.21. The minimum atomic E-state index is -0.502. The van der Waals surface area contributed by atoms with Crippen LogP contribution in [0.2, 0.25) is 10.0 Å². The van der Waals surface area contributed by atoms with E-state index < -0.39 is 5.82 Å². The third-order valence-corrected chi connectivity index (χ3v) is 3.46. The summed E-state index contributed by atoms with van der Waals surface area (Å²) in [4.78, 5) is 4.09. The number of methoxy groups -OCH3 is 1. The fourth-order valence-electron chi connectivity index (χ4n) is 1.84. The summed E-state index contributed by atoms with van der Waals surface area (Å²) < 4.78 is 18.7. The molecule has 106 valence electrons.